The number of methoxy groups -OCH3 is 1. The molecule has 3 aliphatic rings. The van der Waals surface area contributed by atoms with E-state index in [9.17, 15) is 9.59 Å². The summed E-state index contributed by atoms with van der Waals surface area (Å²) in [6.07, 6.45) is 3.74. The second-order valence-corrected chi connectivity index (χ2v) is 14.8. The Morgan fingerprint density at radius 2 is 1.94 bits per heavy atom. The van der Waals surface area contributed by atoms with E-state index in [0.717, 1.165) is 86.5 Å². The van der Waals surface area contributed by atoms with Crippen molar-refractivity contribution in [3.8, 4) is 28.1 Å². The van der Waals surface area contributed by atoms with Crippen LogP contribution in [0.1, 0.15) is 69.8 Å². The number of benzene rings is 3. The molecule has 50 heavy (non-hydrogen) atoms. The summed E-state index contributed by atoms with van der Waals surface area (Å²) in [6, 6.07) is 14.4. The predicted molar refractivity (Wildman–Crippen MR) is 192 cm³/mol. The Labute approximate surface area is 291 Å². The molecular formula is C39H45N7O4. The third kappa shape index (κ3) is 5.82. The van der Waals surface area contributed by atoms with E-state index in [4.69, 9.17) is 19.4 Å². The first-order valence-corrected chi connectivity index (χ1v) is 17.7. The third-order valence-corrected chi connectivity index (χ3v) is 10.6. The molecule has 0 saturated carbocycles. The van der Waals surface area contributed by atoms with Crippen LogP contribution in [-0.2, 0) is 20.9 Å². The highest BCUT2D eigenvalue weighted by Crippen LogP contribution is 2.43. The van der Waals surface area contributed by atoms with Gasteiger partial charge in [-0.1, -0.05) is 39.0 Å². The number of imidazole rings is 2. The molecule has 2 saturated heterocycles. The standard InChI is InChI=1S/C39H45N7O4/c1-20(2)35(42-22(4)47)39(48)46-17-23(18-49-5)11-33(46)38-43-30-9-7-24-13-29-27-8-6-25(32-16-41-37(44-32)31-10-21(3)15-40-31)12-26(27)19-50-34(29)14-28(24)36(30)45-38/h6-9,12-14,16,20-21,23,31,33,35,40H,10-11,15,17-19H2,1-5H3,(H,41,44)(H,42,47)(H,43,45)/t21-,23-,31-,33-,35-/m0/s1. The molecule has 11 heteroatoms. The fraction of sp³-hybridized carbons (Fsp3) is 0.436. The molecule has 5 heterocycles. The zero-order valence-corrected chi connectivity index (χ0v) is 29.3. The first-order chi connectivity index (χ1) is 24.2. The molecule has 3 aliphatic heterocycles. The van der Waals surface area contributed by atoms with Crippen molar-refractivity contribution in [2.24, 2.45) is 17.8 Å². The number of aromatic amines is 2. The van der Waals surface area contributed by atoms with Crippen molar-refractivity contribution >= 4 is 33.6 Å². The summed E-state index contributed by atoms with van der Waals surface area (Å²) < 4.78 is 11.9. The van der Waals surface area contributed by atoms with Crippen LogP contribution in [-0.4, -0.2) is 69.5 Å². The predicted octanol–water partition coefficient (Wildman–Crippen LogP) is 6.03. The van der Waals surface area contributed by atoms with Crippen LogP contribution in [0.3, 0.4) is 0 Å². The number of nitrogens with one attached hydrogen (secondary N) is 4. The molecule has 8 rings (SSSR count). The lowest BCUT2D eigenvalue weighted by Gasteiger charge is -2.30. The Kier molecular flexibility index (Phi) is 8.35. The lowest BCUT2D eigenvalue weighted by Crippen LogP contribution is -2.50. The van der Waals surface area contributed by atoms with Gasteiger partial charge in [0.05, 0.1) is 41.6 Å². The summed E-state index contributed by atoms with van der Waals surface area (Å²) in [5.74, 6) is 3.00. The van der Waals surface area contributed by atoms with Gasteiger partial charge in [-0.25, -0.2) is 9.97 Å². The lowest BCUT2D eigenvalue weighted by atomic mass is 9.92. The van der Waals surface area contributed by atoms with Crippen molar-refractivity contribution in [2.75, 3.05) is 26.8 Å². The van der Waals surface area contributed by atoms with Crippen LogP contribution in [0.25, 0.3) is 44.2 Å². The van der Waals surface area contributed by atoms with Gasteiger partial charge in [-0.05, 0) is 77.6 Å². The van der Waals surface area contributed by atoms with Crippen molar-refractivity contribution in [2.45, 2.75) is 65.3 Å². The first-order valence-electron chi connectivity index (χ1n) is 17.7. The number of hydrogen-bond acceptors (Lipinski definition) is 7. The number of aromatic nitrogens is 4. The van der Waals surface area contributed by atoms with E-state index in [-0.39, 0.29) is 35.7 Å². The average Bonchev–Trinajstić information content (AvgIpc) is 3.92. The fourth-order valence-electron chi connectivity index (χ4n) is 8.11. The van der Waals surface area contributed by atoms with Gasteiger partial charge in [0, 0.05) is 37.4 Å². The molecule has 0 bridgehead atoms. The normalized spacial score (nSPS) is 22.2. The van der Waals surface area contributed by atoms with E-state index >= 15 is 0 Å². The highest BCUT2D eigenvalue weighted by molar-refractivity contribution is 6.07. The van der Waals surface area contributed by atoms with E-state index in [1.807, 2.05) is 24.9 Å². The molecule has 3 aromatic carbocycles. The number of carbonyl (C=O) groups is 2. The molecule has 11 nitrogen and oxygen atoms in total. The summed E-state index contributed by atoms with van der Waals surface area (Å²) in [5.41, 5.74) is 7.20. The Morgan fingerprint density at radius 3 is 2.70 bits per heavy atom. The summed E-state index contributed by atoms with van der Waals surface area (Å²) in [4.78, 5) is 44.7. The number of nitrogens with zero attached hydrogens (tertiary/aromatic N) is 3. The fourth-order valence-corrected chi connectivity index (χ4v) is 8.11. The van der Waals surface area contributed by atoms with Crippen LogP contribution in [0.15, 0.2) is 48.7 Å². The number of H-pyrrole nitrogens is 2. The molecule has 2 fully saturated rings. The van der Waals surface area contributed by atoms with E-state index in [0.29, 0.717) is 25.7 Å². The maximum atomic E-state index is 13.9. The maximum Gasteiger partial charge on any atom is 0.246 e. The SMILES string of the molecule is COC[C@H]1C[C@@H](c2nc3c(ccc4cc5c(cc43)OCc3cc(-c4cnc([C@@H]6C[C@H](C)CN6)[nH]4)ccc3-5)[nH]2)N(C(=O)[C@@H](NC(C)=O)C(C)C)C1. The van der Waals surface area contributed by atoms with Gasteiger partial charge in [-0.2, -0.15) is 0 Å². The zero-order chi connectivity index (χ0) is 34.7. The lowest BCUT2D eigenvalue weighted by molar-refractivity contribution is -0.138. The van der Waals surface area contributed by atoms with Crippen LogP contribution in [0.5, 0.6) is 5.75 Å². The number of carbonyl (C=O) groups excluding carboxylic acids is 2. The molecule has 2 aromatic heterocycles. The molecule has 2 amide bonds. The third-order valence-electron chi connectivity index (χ3n) is 10.6. The first kappa shape index (κ1) is 32.5. The van der Waals surface area contributed by atoms with Gasteiger partial charge < -0.3 is 35.0 Å². The second-order valence-electron chi connectivity index (χ2n) is 14.8. The van der Waals surface area contributed by atoms with Crippen LogP contribution in [0.2, 0.25) is 0 Å². The molecule has 0 unspecified atom stereocenters. The number of rotatable bonds is 8. The average molecular weight is 676 g/mol. The van der Waals surface area contributed by atoms with Gasteiger partial charge in [0.1, 0.15) is 30.0 Å². The van der Waals surface area contributed by atoms with E-state index < -0.39 is 6.04 Å². The summed E-state index contributed by atoms with van der Waals surface area (Å²) in [7, 11) is 1.69. The van der Waals surface area contributed by atoms with Crippen LogP contribution >= 0.6 is 0 Å². The monoisotopic (exact) mass is 675 g/mol. The van der Waals surface area contributed by atoms with Crippen molar-refractivity contribution in [1.29, 1.82) is 0 Å². The largest absolute Gasteiger partial charge is 0.488 e. The maximum absolute atomic E-state index is 13.9. The minimum absolute atomic E-state index is 0.0579. The minimum atomic E-state index is -0.612. The number of hydrogen-bond donors (Lipinski definition) is 4. The molecule has 0 radical (unpaired) electrons. The molecule has 5 aromatic rings. The molecule has 0 aliphatic carbocycles. The van der Waals surface area contributed by atoms with Crippen LogP contribution in [0.4, 0.5) is 0 Å². The molecule has 0 spiro atoms. The van der Waals surface area contributed by atoms with Crippen LogP contribution < -0.4 is 15.4 Å². The number of likely N-dealkylation sites (tertiary alicyclic amines) is 1. The molecule has 5 atom stereocenters. The summed E-state index contributed by atoms with van der Waals surface area (Å²) in [5, 5.41) is 8.49. The Hall–Kier alpha value is -4.74. The number of ether oxygens (including phenoxy) is 2. The molecular weight excluding hydrogens is 630 g/mol. The van der Waals surface area contributed by atoms with Gasteiger partial charge in [-0.15, -0.1) is 0 Å². The topological polar surface area (TPSA) is 137 Å². The zero-order valence-electron chi connectivity index (χ0n) is 29.3. The Morgan fingerprint density at radius 1 is 1.08 bits per heavy atom. The smallest absolute Gasteiger partial charge is 0.246 e. The van der Waals surface area contributed by atoms with E-state index in [1.165, 1.54) is 6.92 Å². The summed E-state index contributed by atoms with van der Waals surface area (Å²) >= 11 is 0. The van der Waals surface area contributed by atoms with Gasteiger partial charge in [0.15, 0.2) is 0 Å². The highest BCUT2D eigenvalue weighted by atomic mass is 16.5. The van der Waals surface area contributed by atoms with Gasteiger partial charge >= 0.3 is 0 Å². The summed E-state index contributed by atoms with van der Waals surface area (Å²) in [6.45, 7) is 10.2. The van der Waals surface area contributed by atoms with Gasteiger partial charge in [0.25, 0.3) is 0 Å². The molecule has 260 valence electrons. The van der Waals surface area contributed by atoms with Crippen molar-refractivity contribution in [1.82, 2.24) is 35.5 Å². The number of amides is 2. The van der Waals surface area contributed by atoms with Gasteiger partial charge in [-0.3, -0.25) is 9.59 Å². The van der Waals surface area contributed by atoms with Crippen molar-refractivity contribution in [3.63, 3.8) is 0 Å². The molecule has 4 N–H and O–H groups in total. The van der Waals surface area contributed by atoms with Gasteiger partial charge in [0.2, 0.25) is 11.8 Å². The number of fused-ring (bicyclic) bond motifs is 6. The van der Waals surface area contributed by atoms with Crippen molar-refractivity contribution < 1.29 is 19.1 Å². The Bertz CT molecular complexity index is 2100. The quantitative estimate of drug-likeness (QED) is 0.158. The highest BCUT2D eigenvalue weighted by Gasteiger charge is 2.41. The van der Waals surface area contributed by atoms with Crippen molar-refractivity contribution in [3.05, 3.63) is 65.9 Å². The Balaban J connectivity index is 1.10. The van der Waals surface area contributed by atoms with E-state index in [1.54, 1.807) is 7.11 Å². The van der Waals surface area contributed by atoms with Crippen LogP contribution in [0, 0.1) is 17.8 Å². The van der Waals surface area contributed by atoms with E-state index in [2.05, 4.69) is 70.0 Å². The second kappa shape index (κ2) is 12.9. The minimum Gasteiger partial charge on any atom is -0.488 e.